The van der Waals surface area contributed by atoms with Crippen molar-refractivity contribution in [2.45, 2.75) is 31.8 Å². The minimum absolute atomic E-state index is 0.563. The monoisotopic (exact) mass is 307 g/mol. The topological polar surface area (TPSA) is 51.0 Å². The molecule has 1 N–H and O–H groups in total. The van der Waals surface area contributed by atoms with Gasteiger partial charge in [-0.1, -0.05) is 18.6 Å². The average molecular weight is 308 g/mol. The van der Waals surface area contributed by atoms with E-state index in [1.54, 1.807) is 0 Å². The molecule has 0 radical (unpaired) electrons. The third kappa shape index (κ3) is 2.47. The molecule has 0 bridgehead atoms. The number of hydrogen-bond donors (Lipinski definition) is 1. The van der Waals surface area contributed by atoms with Crippen LogP contribution in [0.1, 0.15) is 25.2 Å². The van der Waals surface area contributed by atoms with E-state index in [0.29, 0.717) is 24.4 Å². The van der Waals surface area contributed by atoms with Gasteiger partial charge in [-0.25, -0.2) is 0 Å². The molecule has 5 heteroatoms. The van der Waals surface area contributed by atoms with Crippen molar-refractivity contribution in [1.29, 1.82) is 0 Å². The van der Waals surface area contributed by atoms with Crippen molar-refractivity contribution in [1.82, 2.24) is 15.5 Å². The lowest BCUT2D eigenvalue weighted by atomic mass is 9.93. The molecule has 0 aliphatic heterocycles. The van der Waals surface area contributed by atoms with E-state index < -0.39 is 0 Å². The van der Waals surface area contributed by atoms with Crippen LogP contribution in [0.3, 0.4) is 0 Å². The van der Waals surface area contributed by atoms with Crippen molar-refractivity contribution in [3.05, 3.63) is 34.6 Å². The molecule has 1 aromatic heterocycles. The summed E-state index contributed by atoms with van der Waals surface area (Å²) in [6.45, 7) is 0.655. The summed E-state index contributed by atoms with van der Waals surface area (Å²) in [7, 11) is 0. The highest BCUT2D eigenvalue weighted by atomic mass is 79.9. The number of hydrogen-bond acceptors (Lipinski definition) is 4. The van der Waals surface area contributed by atoms with Crippen LogP contribution in [0.25, 0.3) is 11.5 Å². The largest absolute Gasteiger partial charge is 0.419 e. The van der Waals surface area contributed by atoms with Gasteiger partial charge >= 0.3 is 0 Å². The summed E-state index contributed by atoms with van der Waals surface area (Å²) in [6.07, 6.45) is 3.83. The molecule has 94 valence electrons. The minimum atomic E-state index is 0.563. The second-order valence-electron chi connectivity index (χ2n) is 4.49. The summed E-state index contributed by atoms with van der Waals surface area (Å²) in [5.74, 6) is 1.21. The molecule has 1 fully saturated rings. The van der Waals surface area contributed by atoms with Gasteiger partial charge in [0, 0.05) is 10.5 Å². The summed E-state index contributed by atoms with van der Waals surface area (Å²) in [4.78, 5) is 0. The lowest BCUT2D eigenvalue weighted by Crippen LogP contribution is -2.34. The third-order valence-corrected chi connectivity index (χ3v) is 3.91. The van der Waals surface area contributed by atoms with Crippen molar-refractivity contribution >= 4 is 15.9 Å². The van der Waals surface area contributed by atoms with Crippen LogP contribution in [-0.4, -0.2) is 16.2 Å². The predicted molar refractivity (Wildman–Crippen MR) is 71.9 cm³/mol. The maximum atomic E-state index is 5.65. The van der Waals surface area contributed by atoms with Gasteiger partial charge in [0.1, 0.15) is 0 Å². The maximum absolute atomic E-state index is 5.65. The molecular weight excluding hydrogens is 294 g/mol. The number of nitrogens with one attached hydrogen (secondary N) is 1. The Labute approximate surface area is 114 Å². The van der Waals surface area contributed by atoms with Gasteiger partial charge in [0.15, 0.2) is 0 Å². The number of benzene rings is 1. The Hall–Kier alpha value is -1.20. The molecule has 1 aromatic carbocycles. The number of nitrogens with zero attached hydrogens (tertiary/aromatic N) is 2. The molecular formula is C13H14BrN3O. The summed E-state index contributed by atoms with van der Waals surface area (Å²) in [5, 5.41) is 11.6. The van der Waals surface area contributed by atoms with Crippen LogP contribution in [0.5, 0.6) is 0 Å². The van der Waals surface area contributed by atoms with E-state index in [1.165, 1.54) is 19.3 Å². The first-order chi connectivity index (χ1) is 8.83. The zero-order valence-electron chi connectivity index (χ0n) is 9.90. The summed E-state index contributed by atoms with van der Waals surface area (Å²) >= 11 is 3.48. The molecule has 0 saturated heterocycles. The van der Waals surface area contributed by atoms with Gasteiger partial charge < -0.3 is 9.73 Å². The molecule has 3 rings (SSSR count). The average Bonchev–Trinajstić information content (AvgIpc) is 2.76. The molecule has 1 saturated carbocycles. The highest BCUT2D eigenvalue weighted by Gasteiger charge is 2.18. The van der Waals surface area contributed by atoms with E-state index in [-0.39, 0.29) is 0 Å². The fourth-order valence-corrected chi connectivity index (χ4v) is 2.37. The van der Waals surface area contributed by atoms with Crippen molar-refractivity contribution in [3.63, 3.8) is 0 Å². The third-order valence-electron chi connectivity index (χ3n) is 3.22. The van der Waals surface area contributed by atoms with E-state index in [4.69, 9.17) is 4.42 Å². The Balaban J connectivity index is 1.70. The first-order valence-electron chi connectivity index (χ1n) is 6.13. The molecule has 1 aliphatic carbocycles. The Morgan fingerprint density at radius 2 is 2.11 bits per heavy atom. The van der Waals surface area contributed by atoms with Crippen molar-refractivity contribution < 1.29 is 4.42 Å². The first kappa shape index (κ1) is 11.9. The lowest BCUT2D eigenvalue weighted by Gasteiger charge is -2.25. The Morgan fingerprint density at radius 1 is 1.28 bits per heavy atom. The summed E-state index contributed by atoms with van der Waals surface area (Å²) < 4.78 is 6.62. The SMILES string of the molecule is Brc1ccccc1-c1nnc(CNC2CCC2)o1. The van der Waals surface area contributed by atoms with Gasteiger partial charge in [0.05, 0.1) is 12.1 Å². The van der Waals surface area contributed by atoms with E-state index in [2.05, 4.69) is 31.4 Å². The zero-order chi connectivity index (χ0) is 12.4. The highest BCUT2D eigenvalue weighted by molar-refractivity contribution is 9.10. The van der Waals surface area contributed by atoms with Crippen LogP contribution >= 0.6 is 15.9 Å². The van der Waals surface area contributed by atoms with Gasteiger partial charge in [-0.3, -0.25) is 0 Å². The molecule has 0 amide bonds. The normalized spacial score (nSPS) is 15.6. The second kappa shape index (κ2) is 5.20. The van der Waals surface area contributed by atoms with Gasteiger partial charge in [0.2, 0.25) is 11.8 Å². The zero-order valence-corrected chi connectivity index (χ0v) is 11.5. The Kier molecular flexibility index (Phi) is 3.43. The Morgan fingerprint density at radius 3 is 2.83 bits per heavy atom. The van der Waals surface area contributed by atoms with E-state index in [9.17, 15) is 0 Å². The van der Waals surface area contributed by atoms with Crippen LogP contribution in [0.2, 0.25) is 0 Å². The molecule has 0 unspecified atom stereocenters. The van der Waals surface area contributed by atoms with Gasteiger partial charge in [-0.05, 0) is 40.9 Å². The van der Waals surface area contributed by atoms with Gasteiger partial charge in [-0.2, -0.15) is 0 Å². The molecule has 18 heavy (non-hydrogen) atoms. The molecule has 2 aromatic rings. The van der Waals surface area contributed by atoms with Gasteiger partial charge in [-0.15, -0.1) is 10.2 Å². The van der Waals surface area contributed by atoms with Crippen LogP contribution in [-0.2, 0) is 6.54 Å². The fourth-order valence-electron chi connectivity index (χ4n) is 1.91. The van der Waals surface area contributed by atoms with E-state index in [1.807, 2.05) is 24.3 Å². The highest BCUT2D eigenvalue weighted by Crippen LogP contribution is 2.26. The smallest absolute Gasteiger partial charge is 0.248 e. The van der Waals surface area contributed by atoms with E-state index >= 15 is 0 Å². The predicted octanol–water partition coefficient (Wildman–Crippen LogP) is 3.14. The lowest BCUT2D eigenvalue weighted by molar-refractivity contribution is 0.323. The molecule has 0 spiro atoms. The molecule has 0 atom stereocenters. The number of aromatic nitrogens is 2. The van der Waals surface area contributed by atoms with Crippen molar-refractivity contribution in [2.24, 2.45) is 0 Å². The minimum Gasteiger partial charge on any atom is -0.419 e. The summed E-state index contributed by atoms with van der Waals surface area (Å²) in [6, 6.07) is 8.47. The van der Waals surface area contributed by atoms with Crippen molar-refractivity contribution in [2.75, 3.05) is 0 Å². The van der Waals surface area contributed by atoms with Crippen molar-refractivity contribution in [3.8, 4) is 11.5 Å². The van der Waals surface area contributed by atoms with Crippen LogP contribution in [0.15, 0.2) is 33.2 Å². The standard InChI is InChI=1S/C13H14BrN3O/c14-11-7-2-1-6-10(11)13-17-16-12(18-13)8-15-9-4-3-5-9/h1-2,6-7,9,15H,3-5,8H2. The summed E-state index contributed by atoms with van der Waals surface area (Å²) in [5.41, 5.74) is 0.930. The Bertz CT molecular complexity index is 537. The van der Waals surface area contributed by atoms with Crippen LogP contribution in [0.4, 0.5) is 0 Å². The molecule has 1 aliphatic rings. The second-order valence-corrected chi connectivity index (χ2v) is 5.34. The quantitative estimate of drug-likeness (QED) is 0.943. The van der Waals surface area contributed by atoms with Crippen LogP contribution < -0.4 is 5.32 Å². The van der Waals surface area contributed by atoms with Crippen LogP contribution in [0, 0.1) is 0 Å². The first-order valence-corrected chi connectivity index (χ1v) is 6.93. The molecule has 4 nitrogen and oxygen atoms in total. The fraction of sp³-hybridized carbons (Fsp3) is 0.385. The number of halogens is 1. The maximum Gasteiger partial charge on any atom is 0.248 e. The van der Waals surface area contributed by atoms with Gasteiger partial charge in [0.25, 0.3) is 0 Å². The number of rotatable bonds is 4. The van der Waals surface area contributed by atoms with E-state index in [0.717, 1.165) is 10.0 Å². The molecule has 1 heterocycles.